The Labute approximate surface area is 248 Å². The van der Waals surface area contributed by atoms with Gasteiger partial charge in [-0.3, -0.25) is 14.4 Å². The van der Waals surface area contributed by atoms with E-state index in [4.69, 9.17) is 10.5 Å². The Bertz CT molecular complexity index is 1070. The van der Waals surface area contributed by atoms with Gasteiger partial charge in [0.1, 0.15) is 17.7 Å². The molecule has 1 aromatic heterocycles. The highest BCUT2D eigenvalue weighted by Crippen LogP contribution is 2.53. The average Bonchev–Trinajstić information content (AvgIpc) is 3.27. The lowest BCUT2D eigenvalue weighted by Gasteiger charge is -2.29. The first-order valence-electron chi connectivity index (χ1n) is 15.0. The fourth-order valence-corrected chi connectivity index (χ4v) is 6.04. The van der Waals surface area contributed by atoms with Gasteiger partial charge in [-0.05, 0) is 76.2 Å². The maximum atomic E-state index is 13.3. The van der Waals surface area contributed by atoms with Gasteiger partial charge in [0, 0.05) is 17.3 Å². The van der Waals surface area contributed by atoms with E-state index in [0.717, 1.165) is 51.4 Å². The fraction of sp³-hybridized carbons (Fsp3) is 0.677. The van der Waals surface area contributed by atoms with Crippen molar-refractivity contribution < 1.29 is 23.9 Å². The third-order valence-corrected chi connectivity index (χ3v) is 8.71. The molecule has 4 N–H and O–H groups in total. The summed E-state index contributed by atoms with van der Waals surface area (Å²) >= 11 is 1.65. The summed E-state index contributed by atoms with van der Waals surface area (Å²) in [6.07, 6.45) is 12.3. The van der Waals surface area contributed by atoms with Crippen LogP contribution in [0.1, 0.15) is 96.8 Å². The molecule has 1 unspecified atom stereocenters. The largest absolute Gasteiger partial charge is 0.444 e. The van der Waals surface area contributed by atoms with Crippen LogP contribution in [0.2, 0.25) is 0 Å². The molecule has 4 atom stereocenters. The number of primary amides is 1. The molecule has 9 nitrogen and oxygen atoms in total. The molecule has 0 radical (unpaired) electrons. The van der Waals surface area contributed by atoms with Crippen LogP contribution in [-0.4, -0.2) is 52.9 Å². The summed E-state index contributed by atoms with van der Waals surface area (Å²) in [5, 5.41) is 7.80. The van der Waals surface area contributed by atoms with E-state index in [1.54, 1.807) is 32.1 Å². The number of carbonyl (C=O) groups is 4. The van der Waals surface area contributed by atoms with E-state index in [9.17, 15) is 19.2 Å². The van der Waals surface area contributed by atoms with Crippen molar-refractivity contribution >= 4 is 35.2 Å². The minimum Gasteiger partial charge on any atom is -0.444 e. The second-order valence-corrected chi connectivity index (χ2v) is 13.6. The number of hydrogen-bond donors (Lipinski definition) is 3. The monoisotopic (exact) mass is 588 g/mol. The van der Waals surface area contributed by atoms with Crippen molar-refractivity contribution in [3.05, 3.63) is 34.5 Å². The second kappa shape index (κ2) is 14.8. The van der Waals surface area contributed by atoms with Crippen molar-refractivity contribution in [2.45, 2.75) is 116 Å². The number of nitrogens with zero attached hydrogens (tertiary/aromatic N) is 1. The molecule has 0 spiro atoms. The second-order valence-electron chi connectivity index (χ2n) is 12.6. The summed E-state index contributed by atoms with van der Waals surface area (Å²) in [5.41, 5.74) is 4.80. The molecule has 41 heavy (non-hydrogen) atoms. The Balaban J connectivity index is 1.34. The summed E-state index contributed by atoms with van der Waals surface area (Å²) in [5.74, 6) is -0.584. The van der Waals surface area contributed by atoms with Crippen molar-refractivity contribution in [2.24, 2.45) is 17.1 Å². The third-order valence-electron chi connectivity index (χ3n) is 7.83. The number of thiophene rings is 1. The SMILES string of the molecule is CC(C)(C)OC(=O)N[C@@H](CCCCCCC/C=C\C1(C)C[C@@H]1C(=O)NCc1cccs1)C(=O)N1CCC[C@H]1C(N)=O. The van der Waals surface area contributed by atoms with E-state index >= 15 is 0 Å². The molecule has 228 valence electrons. The molecular formula is C31H48N4O5S. The lowest BCUT2D eigenvalue weighted by Crippen LogP contribution is -2.53. The van der Waals surface area contributed by atoms with Crippen molar-refractivity contribution in [1.29, 1.82) is 0 Å². The fourth-order valence-electron chi connectivity index (χ4n) is 5.40. The Kier molecular flexibility index (Phi) is 11.8. The molecule has 2 fully saturated rings. The van der Waals surface area contributed by atoms with Crippen LogP contribution in [0.15, 0.2) is 29.7 Å². The van der Waals surface area contributed by atoms with Crippen LogP contribution in [-0.2, 0) is 25.7 Å². The first-order valence-corrected chi connectivity index (χ1v) is 15.8. The van der Waals surface area contributed by atoms with Gasteiger partial charge in [0.05, 0.1) is 6.54 Å². The van der Waals surface area contributed by atoms with E-state index in [2.05, 4.69) is 29.7 Å². The van der Waals surface area contributed by atoms with Crippen molar-refractivity contribution in [2.75, 3.05) is 6.54 Å². The first kappa shape index (κ1) is 32.6. The van der Waals surface area contributed by atoms with Crippen LogP contribution in [0.3, 0.4) is 0 Å². The standard InChI is InChI=1S/C31H48N4O5S/c1-30(2,3)40-29(39)34-24(28(38)35-18-12-16-25(35)26(32)36)15-10-8-6-5-7-9-11-17-31(4)20-23(31)27(37)33-21-22-14-13-19-41-22/h11,13-14,17,19,23-25H,5-10,12,15-16,18,20-21H2,1-4H3,(H2,32,36)(H,33,37)(H,34,39)/b17-11-/t23-,24+,25+,31?/m1/s1. The molecule has 1 aliphatic heterocycles. The van der Waals surface area contributed by atoms with Crippen LogP contribution in [0, 0.1) is 11.3 Å². The van der Waals surface area contributed by atoms with E-state index in [0.29, 0.717) is 25.9 Å². The minimum absolute atomic E-state index is 0.0366. The number of ether oxygens (including phenoxy) is 1. The van der Waals surface area contributed by atoms with Crippen LogP contribution < -0.4 is 16.4 Å². The van der Waals surface area contributed by atoms with E-state index in [-0.39, 0.29) is 23.1 Å². The predicted octanol–water partition coefficient (Wildman–Crippen LogP) is 5.05. The zero-order chi connectivity index (χ0) is 30.0. The van der Waals surface area contributed by atoms with Crippen LogP contribution in [0.25, 0.3) is 0 Å². The molecule has 1 saturated heterocycles. The third kappa shape index (κ3) is 10.5. The molecule has 3 rings (SSSR count). The summed E-state index contributed by atoms with van der Waals surface area (Å²) in [6.45, 7) is 8.54. The number of amides is 4. The first-order chi connectivity index (χ1) is 19.4. The topological polar surface area (TPSA) is 131 Å². The van der Waals surface area contributed by atoms with Crippen LogP contribution in [0.5, 0.6) is 0 Å². The zero-order valence-electron chi connectivity index (χ0n) is 25.1. The highest BCUT2D eigenvalue weighted by atomic mass is 32.1. The molecule has 1 aliphatic carbocycles. The molecule has 2 aliphatic rings. The molecular weight excluding hydrogens is 540 g/mol. The number of likely N-dealkylation sites (tertiary alicyclic amines) is 1. The average molecular weight is 589 g/mol. The number of unbranched alkanes of at least 4 members (excludes halogenated alkanes) is 5. The molecule has 2 heterocycles. The smallest absolute Gasteiger partial charge is 0.408 e. The predicted molar refractivity (Wildman–Crippen MR) is 161 cm³/mol. The quantitative estimate of drug-likeness (QED) is 0.195. The van der Waals surface area contributed by atoms with Crippen molar-refractivity contribution in [1.82, 2.24) is 15.5 Å². The summed E-state index contributed by atoms with van der Waals surface area (Å²) < 4.78 is 5.37. The van der Waals surface area contributed by atoms with Gasteiger partial charge in [-0.15, -0.1) is 11.3 Å². The van der Waals surface area contributed by atoms with E-state index in [1.807, 2.05) is 17.5 Å². The molecule has 0 bridgehead atoms. The van der Waals surface area contributed by atoms with Crippen molar-refractivity contribution in [3.8, 4) is 0 Å². The normalized spacial score (nSPS) is 22.9. The maximum absolute atomic E-state index is 13.3. The highest BCUT2D eigenvalue weighted by Gasteiger charge is 2.52. The summed E-state index contributed by atoms with van der Waals surface area (Å²) in [6, 6.07) is 2.66. The maximum Gasteiger partial charge on any atom is 0.408 e. The Morgan fingerprint density at radius 2 is 1.93 bits per heavy atom. The molecule has 1 aromatic rings. The van der Waals surface area contributed by atoms with Gasteiger partial charge < -0.3 is 26.0 Å². The van der Waals surface area contributed by atoms with Gasteiger partial charge in [-0.25, -0.2) is 4.79 Å². The lowest BCUT2D eigenvalue weighted by atomic mass is 10.0. The van der Waals surface area contributed by atoms with Gasteiger partial charge in [-0.2, -0.15) is 0 Å². The van der Waals surface area contributed by atoms with E-state index < -0.39 is 29.7 Å². The molecule has 1 saturated carbocycles. The number of rotatable bonds is 15. The number of nitrogens with one attached hydrogen (secondary N) is 2. The number of carbonyl (C=O) groups excluding carboxylic acids is 4. The lowest BCUT2D eigenvalue weighted by molar-refractivity contribution is -0.139. The Morgan fingerprint density at radius 1 is 1.20 bits per heavy atom. The minimum atomic E-state index is -0.748. The Morgan fingerprint density at radius 3 is 2.61 bits per heavy atom. The highest BCUT2D eigenvalue weighted by molar-refractivity contribution is 7.09. The van der Waals surface area contributed by atoms with E-state index in [1.165, 1.54) is 9.78 Å². The van der Waals surface area contributed by atoms with Gasteiger partial charge >= 0.3 is 6.09 Å². The summed E-state index contributed by atoms with van der Waals surface area (Å²) in [4.78, 5) is 52.7. The molecule has 10 heteroatoms. The van der Waals surface area contributed by atoms with Gasteiger partial charge in [0.2, 0.25) is 17.7 Å². The van der Waals surface area contributed by atoms with Gasteiger partial charge in [-0.1, -0.05) is 50.8 Å². The summed E-state index contributed by atoms with van der Waals surface area (Å²) in [7, 11) is 0. The Hall–Kier alpha value is -2.88. The van der Waals surface area contributed by atoms with Crippen molar-refractivity contribution in [3.63, 3.8) is 0 Å². The number of hydrogen-bond acceptors (Lipinski definition) is 6. The zero-order valence-corrected chi connectivity index (χ0v) is 25.9. The number of alkyl carbamates (subject to hydrolysis) is 1. The van der Waals surface area contributed by atoms with Gasteiger partial charge in [0.15, 0.2) is 0 Å². The molecule has 0 aromatic carbocycles. The van der Waals surface area contributed by atoms with Gasteiger partial charge in [0.25, 0.3) is 0 Å². The number of nitrogens with two attached hydrogens (primary N) is 1. The van der Waals surface area contributed by atoms with Crippen LogP contribution >= 0.6 is 11.3 Å². The van der Waals surface area contributed by atoms with Crippen LogP contribution in [0.4, 0.5) is 4.79 Å². The number of allylic oxidation sites excluding steroid dienone is 2. The molecule has 4 amide bonds.